The van der Waals surface area contributed by atoms with Crippen LogP contribution in [0.2, 0.25) is 0 Å². The van der Waals surface area contributed by atoms with Crippen LogP contribution in [-0.2, 0) is 62.5 Å². The van der Waals surface area contributed by atoms with E-state index in [0.717, 1.165) is 4.57 Å². The minimum Gasteiger partial charge on any atom is -0.462 e. The SMILES string of the molecule is CCC(=O)OCC(Cn1c(=O)n(CC2CO2)c(=O)n(CC(COC(=O)CC)OC(=O)CC)c1=O)OC(=O)CC. The van der Waals surface area contributed by atoms with Gasteiger partial charge in [0.2, 0.25) is 0 Å². The number of epoxide rings is 1. The molecule has 0 saturated carbocycles. The number of nitrogens with zero attached hydrogens (tertiary/aromatic N) is 3. The largest absolute Gasteiger partial charge is 0.462 e. The van der Waals surface area contributed by atoms with E-state index in [1.54, 1.807) is 13.8 Å². The summed E-state index contributed by atoms with van der Waals surface area (Å²) < 4.78 is 27.9. The Bertz CT molecular complexity index is 1130. The summed E-state index contributed by atoms with van der Waals surface area (Å²) in [5.41, 5.74) is -3.07. The van der Waals surface area contributed by atoms with Gasteiger partial charge in [-0.15, -0.1) is 0 Å². The van der Waals surface area contributed by atoms with E-state index in [2.05, 4.69) is 0 Å². The maximum absolute atomic E-state index is 13.4. The van der Waals surface area contributed by atoms with E-state index in [-0.39, 0.29) is 32.2 Å². The Morgan fingerprint density at radius 2 is 1.05 bits per heavy atom. The van der Waals surface area contributed by atoms with Crippen LogP contribution in [0.5, 0.6) is 0 Å². The van der Waals surface area contributed by atoms with Crippen LogP contribution in [0.3, 0.4) is 0 Å². The maximum Gasteiger partial charge on any atom is 0.336 e. The first kappa shape index (κ1) is 31.5. The van der Waals surface area contributed by atoms with Gasteiger partial charge in [-0.3, -0.25) is 19.2 Å². The van der Waals surface area contributed by atoms with Gasteiger partial charge in [-0.1, -0.05) is 27.7 Å². The van der Waals surface area contributed by atoms with Crippen molar-refractivity contribution in [3.05, 3.63) is 31.5 Å². The third-order valence-electron chi connectivity index (χ3n) is 5.56. The zero-order valence-corrected chi connectivity index (χ0v) is 22.5. The quantitative estimate of drug-likeness (QED) is 0.139. The lowest BCUT2D eigenvalue weighted by molar-refractivity contribution is -0.159. The molecule has 0 aromatic carbocycles. The molecule has 0 amide bonds. The fraction of sp³-hybridized carbons (Fsp3) is 0.708. The Hall–Kier alpha value is -3.75. The molecular weight excluding hydrogens is 522 g/mol. The normalized spacial score (nSPS) is 15.6. The van der Waals surface area contributed by atoms with Gasteiger partial charge in [0.25, 0.3) is 0 Å². The van der Waals surface area contributed by atoms with Crippen LogP contribution in [-0.4, -0.2) is 75.7 Å². The van der Waals surface area contributed by atoms with Crippen LogP contribution in [0.25, 0.3) is 0 Å². The summed E-state index contributed by atoms with van der Waals surface area (Å²) in [5, 5.41) is 0. The van der Waals surface area contributed by atoms with Crippen LogP contribution in [0.15, 0.2) is 14.4 Å². The van der Waals surface area contributed by atoms with E-state index in [1.165, 1.54) is 13.8 Å². The second-order valence-electron chi connectivity index (χ2n) is 8.64. The number of hydrogen-bond acceptors (Lipinski definition) is 12. The van der Waals surface area contributed by atoms with Crippen molar-refractivity contribution < 1.29 is 42.9 Å². The fourth-order valence-corrected chi connectivity index (χ4v) is 3.30. The molecule has 1 aromatic heterocycles. The van der Waals surface area contributed by atoms with Crippen LogP contribution in [0, 0.1) is 0 Å². The van der Waals surface area contributed by atoms with Crippen LogP contribution in [0.1, 0.15) is 53.4 Å². The molecule has 3 atom stereocenters. The number of carbonyl (C=O) groups excluding carboxylic acids is 4. The summed E-state index contributed by atoms with van der Waals surface area (Å²) in [5.74, 6) is -2.50. The highest BCUT2D eigenvalue weighted by Crippen LogP contribution is 2.09. The molecule has 2 rings (SSSR count). The maximum atomic E-state index is 13.4. The Kier molecular flexibility index (Phi) is 12.1. The van der Waals surface area contributed by atoms with Gasteiger partial charge >= 0.3 is 40.9 Å². The van der Waals surface area contributed by atoms with E-state index in [0.29, 0.717) is 15.7 Å². The number of carbonyl (C=O) groups is 4. The summed E-state index contributed by atoms with van der Waals surface area (Å²) >= 11 is 0. The number of hydrogen-bond donors (Lipinski definition) is 0. The number of aromatic nitrogens is 3. The molecule has 0 spiro atoms. The Balaban J connectivity index is 2.52. The average molecular weight is 558 g/mol. The molecule has 0 aliphatic carbocycles. The Morgan fingerprint density at radius 1 is 0.692 bits per heavy atom. The van der Waals surface area contributed by atoms with E-state index in [4.69, 9.17) is 23.7 Å². The Morgan fingerprint density at radius 3 is 1.38 bits per heavy atom. The van der Waals surface area contributed by atoms with Crippen LogP contribution >= 0.6 is 0 Å². The van der Waals surface area contributed by atoms with Crippen molar-refractivity contribution in [1.29, 1.82) is 0 Å². The van der Waals surface area contributed by atoms with Crippen molar-refractivity contribution in [2.24, 2.45) is 0 Å². The molecule has 1 aromatic rings. The van der Waals surface area contributed by atoms with Gasteiger partial charge in [0, 0.05) is 25.7 Å². The predicted octanol–water partition coefficient (Wildman–Crippen LogP) is -0.879. The van der Waals surface area contributed by atoms with E-state index >= 15 is 0 Å². The molecule has 1 aliphatic heterocycles. The number of esters is 4. The standard InChI is InChI=1S/C24H35N3O12/c1-5-18(28)36-13-16(38-20(30)7-3)10-26-22(32)25(9-15-12-35-15)23(33)27(24(26)34)11-17(39-21(31)8-4)14-37-19(29)6-2/h15-17H,5-14H2,1-4H3. The van der Waals surface area contributed by atoms with Crippen molar-refractivity contribution >= 4 is 23.9 Å². The summed E-state index contributed by atoms with van der Waals surface area (Å²) in [6.07, 6.45) is -2.79. The predicted molar refractivity (Wildman–Crippen MR) is 132 cm³/mol. The third kappa shape index (κ3) is 9.50. The fourth-order valence-electron chi connectivity index (χ4n) is 3.30. The lowest BCUT2D eigenvalue weighted by atomic mass is 10.3. The van der Waals surface area contributed by atoms with Crippen LogP contribution < -0.4 is 17.1 Å². The first-order chi connectivity index (χ1) is 18.5. The molecule has 1 fully saturated rings. The van der Waals surface area contributed by atoms with E-state index in [9.17, 15) is 33.6 Å². The number of ether oxygens (including phenoxy) is 5. The van der Waals surface area contributed by atoms with Crippen molar-refractivity contribution in [2.75, 3.05) is 19.8 Å². The molecule has 15 nitrogen and oxygen atoms in total. The molecule has 1 saturated heterocycles. The molecule has 0 bridgehead atoms. The first-order valence-electron chi connectivity index (χ1n) is 12.8. The molecule has 15 heteroatoms. The molecule has 1 aliphatic rings. The van der Waals surface area contributed by atoms with Gasteiger partial charge in [0.1, 0.15) is 13.2 Å². The van der Waals surface area contributed by atoms with Crippen molar-refractivity contribution in [1.82, 2.24) is 13.7 Å². The van der Waals surface area contributed by atoms with Crippen LogP contribution in [0.4, 0.5) is 0 Å². The average Bonchev–Trinajstić information content (AvgIpc) is 3.76. The van der Waals surface area contributed by atoms with Gasteiger partial charge in [-0.05, 0) is 0 Å². The summed E-state index contributed by atoms with van der Waals surface area (Å²) in [4.78, 5) is 87.2. The summed E-state index contributed by atoms with van der Waals surface area (Å²) in [6, 6.07) is 0. The molecule has 0 N–H and O–H groups in total. The van der Waals surface area contributed by atoms with E-state index < -0.39 is 85.6 Å². The third-order valence-corrected chi connectivity index (χ3v) is 5.56. The molecule has 0 radical (unpaired) electrons. The molecule has 39 heavy (non-hydrogen) atoms. The second kappa shape index (κ2) is 15.0. The molecule has 2 heterocycles. The van der Waals surface area contributed by atoms with Gasteiger partial charge in [0.05, 0.1) is 32.3 Å². The minimum atomic E-state index is -1.21. The molecular formula is C24H35N3O12. The van der Waals surface area contributed by atoms with Gasteiger partial charge in [-0.25, -0.2) is 28.1 Å². The number of rotatable bonds is 16. The second-order valence-corrected chi connectivity index (χ2v) is 8.64. The minimum absolute atomic E-state index is 0.0170. The zero-order chi connectivity index (χ0) is 29.1. The lowest BCUT2D eigenvalue weighted by Gasteiger charge is -2.22. The topological polar surface area (TPSA) is 184 Å². The highest BCUT2D eigenvalue weighted by Gasteiger charge is 2.29. The monoisotopic (exact) mass is 557 g/mol. The van der Waals surface area contributed by atoms with Crippen molar-refractivity contribution in [3.8, 4) is 0 Å². The Labute approximate surface area is 223 Å². The smallest absolute Gasteiger partial charge is 0.336 e. The van der Waals surface area contributed by atoms with Gasteiger partial charge in [-0.2, -0.15) is 0 Å². The molecule has 218 valence electrons. The summed E-state index contributed by atoms with van der Waals surface area (Å²) in [6.45, 7) is 4.42. The van der Waals surface area contributed by atoms with Crippen molar-refractivity contribution in [3.63, 3.8) is 0 Å². The highest BCUT2D eigenvalue weighted by molar-refractivity contribution is 5.70. The summed E-state index contributed by atoms with van der Waals surface area (Å²) in [7, 11) is 0. The molecule has 3 unspecified atom stereocenters. The van der Waals surface area contributed by atoms with Gasteiger partial charge in [0.15, 0.2) is 12.2 Å². The zero-order valence-electron chi connectivity index (χ0n) is 22.5. The van der Waals surface area contributed by atoms with E-state index in [1.807, 2.05) is 0 Å². The lowest BCUT2D eigenvalue weighted by Crippen LogP contribution is -2.57. The van der Waals surface area contributed by atoms with Crippen molar-refractivity contribution in [2.45, 2.75) is 91.3 Å². The van der Waals surface area contributed by atoms with Gasteiger partial charge < -0.3 is 23.7 Å². The first-order valence-corrected chi connectivity index (χ1v) is 12.8. The highest BCUT2D eigenvalue weighted by atomic mass is 16.6.